The number of hydrogen-bond acceptors (Lipinski definition) is 5. The third kappa shape index (κ3) is 2.78. The van der Waals surface area contributed by atoms with Crippen LogP contribution in [0.4, 0.5) is 5.69 Å². The third-order valence-electron chi connectivity index (χ3n) is 6.08. The molecule has 3 aromatic rings. The Bertz CT molecular complexity index is 1180. The molecule has 1 saturated heterocycles. The van der Waals surface area contributed by atoms with Crippen molar-refractivity contribution >= 4 is 22.5 Å². The van der Waals surface area contributed by atoms with Gasteiger partial charge in [-0.3, -0.25) is 14.3 Å². The number of para-hydroxylation sites is 1. The summed E-state index contributed by atoms with van der Waals surface area (Å²) >= 11 is 0. The van der Waals surface area contributed by atoms with Gasteiger partial charge in [-0.2, -0.15) is 10.3 Å². The lowest BCUT2D eigenvalue weighted by Crippen LogP contribution is -3.00. The zero-order valence-electron chi connectivity index (χ0n) is 15.9. The topological polar surface area (TPSA) is 108 Å². The first-order valence-corrected chi connectivity index (χ1v) is 9.62. The Morgan fingerprint density at radius 1 is 1.21 bits per heavy atom. The van der Waals surface area contributed by atoms with Crippen molar-refractivity contribution in [2.75, 3.05) is 13.1 Å². The van der Waals surface area contributed by atoms with Gasteiger partial charge in [0.1, 0.15) is 0 Å². The maximum absolute atomic E-state index is 13.3. The van der Waals surface area contributed by atoms with Crippen molar-refractivity contribution in [2.45, 2.75) is 18.9 Å². The van der Waals surface area contributed by atoms with E-state index in [-0.39, 0.29) is 23.4 Å². The van der Waals surface area contributed by atoms with Gasteiger partial charge in [-0.05, 0) is 24.5 Å². The molecular formula is C20H21N5O4. The van der Waals surface area contributed by atoms with E-state index in [0.29, 0.717) is 25.3 Å². The Morgan fingerprint density at radius 3 is 2.79 bits per heavy atom. The number of pyridine rings is 1. The van der Waals surface area contributed by atoms with Gasteiger partial charge in [-0.1, -0.05) is 18.2 Å². The van der Waals surface area contributed by atoms with Gasteiger partial charge in [-0.25, -0.2) is 5.21 Å². The molecule has 5 rings (SSSR count). The summed E-state index contributed by atoms with van der Waals surface area (Å²) < 4.78 is 3.30. The molecule has 9 heteroatoms. The van der Waals surface area contributed by atoms with E-state index in [0.717, 1.165) is 23.0 Å². The van der Waals surface area contributed by atoms with Gasteiger partial charge in [0.25, 0.3) is 5.91 Å². The van der Waals surface area contributed by atoms with Crippen LogP contribution in [0.1, 0.15) is 28.5 Å². The predicted octanol–water partition coefficient (Wildman–Crippen LogP) is 0.398. The summed E-state index contributed by atoms with van der Waals surface area (Å²) in [6, 6.07) is 10.8. The lowest BCUT2D eigenvalue weighted by molar-refractivity contribution is -0.992. The van der Waals surface area contributed by atoms with E-state index >= 15 is 0 Å². The molecule has 2 aliphatic rings. The van der Waals surface area contributed by atoms with E-state index in [4.69, 9.17) is 0 Å². The quantitative estimate of drug-likeness (QED) is 0.611. The largest absolute Gasteiger partial charge is 0.595 e. The number of rotatable bonds is 2. The fourth-order valence-corrected chi connectivity index (χ4v) is 4.80. The van der Waals surface area contributed by atoms with Crippen LogP contribution >= 0.6 is 0 Å². The third-order valence-corrected chi connectivity index (χ3v) is 6.08. The molecule has 3 atom stereocenters. The van der Waals surface area contributed by atoms with E-state index < -0.39 is 10.8 Å². The second-order valence-corrected chi connectivity index (χ2v) is 7.89. The molecule has 0 radical (unpaired) electrons. The summed E-state index contributed by atoms with van der Waals surface area (Å²) in [5.74, 6) is 0.0216. The van der Waals surface area contributed by atoms with E-state index in [1.807, 2.05) is 36.2 Å². The summed E-state index contributed by atoms with van der Waals surface area (Å²) in [4.78, 5) is 27.7. The predicted molar refractivity (Wildman–Crippen MR) is 104 cm³/mol. The van der Waals surface area contributed by atoms with Gasteiger partial charge in [0.2, 0.25) is 5.69 Å². The second kappa shape index (κ2) is 6.51. The molecule has 150 valence electrons. The molecule has 0 aliphatic carbocycles. The van der Waals surface area contributed by atoms with Gasteiger partial charge < -0.3 is 14.7 Å². The van der Waals surface area contributed by atoms with Gasteiger partial charge in [0.15, 0.2) is 5.69 Å². The Kier molecular flexibility index (Phi) is 4.05. The van der Waals surface area contributed by atoms with E-state index in [1.54, 1.807) is 15.3 Å². The summed E-state index contributed by atoms with van der Waals surface area (Å²) in [5, 5.41) is 24.6. The minimum Gasteiger partial charge on any atom is -0.595 e. The zero-order chi connectivity index (χ0) is 20.3. The van der Waals surface area contributed by atoms with Crippen LogP contribution < -0.4 is 10.8 Å². The number of carbonyl (C=O) groups excluding carboxylic acids is 1. The molecule has 29 heavy (non-hydrogen) atoms. The molecule has 1 fully saturated rings. The van der Waals surface area contributed by atoms with E-state index in [1.165, 1.54) is 6.07 Å². The van der Waals surface area contributed by atoms with Crippen molar-refractivity contribution in [2.24, 2.45) is 13.0 Å². The van der Waals surface area contributed by atoms with Crippen LogP contribution in [0.2, 0.25) is 0 Å². The number of likely N-dealkylation sites (tertiary alicyclic amines) is 1. The number of piperidine rings is 1. The molecule has 0 spiro atoms. The van der Waals surface area contributed by atoms with Crippen LogP contribution in [0.5, 0.6) is 0 Å². The number of benzene rings is 1. The van der Waals surface area contributed by atoms with Gasteiger partial charge >= 0.3 is 5.56 Å². The highest BCUT2D eigenvalue weighted by atomic mass is 16.8. The molecule has 2 bridgehead atoms. The van der Waals surface area contributed by atoms with Crippen LogP contribution in [-0.2, 0) is 13.6 Å². The maximum atomic E-state index is 13.3. The number of quaternary nitrogens is 1. The average molecular weight is 395 g/mol. The molecule has 1 unspecified atom stereocenters. The SMILES string of the molecule is Cn1nc(C(=O)N2C[C@@H]3C[C@@H](C2)c2ccc([NH+]([O-])O)c(=O)n2C3)c2ccccc21. The van der Waals surface area contributed by atoms with Crippen LogP contribution in [0.15, 0.2) is 41.2 Å². The Hall–Kier alpha value is -3.01. The summed E-state index contributed by atoms with van der Waals surface area (Å²) in [7, 11) is 1.83. The van der Waals surface area contributed by atoms with E-state index in [9.17, 15) is 20.0 Å². The number of hydrogen-bond donors (Lipinski definition) is 2. The molecular weight excluding hydrogens is 374 g/mol. The molecule has 9 nitrogen and oxygen atoms in total. The number of aryl methyl sites for hydroxylation is 1. The highest BCUT2D eigenvalue weighted by molar-refractivity contribution is 6.04. The highest BCUT2D eigenvalue weighted by Crippen LogP contribution is 2.36. The number of carbonyl (C=O) groups is 1. The lowest BCUT2D eigenvalue weighted by Gasteiger charge is -2.42. The molecule has 1 amide bonds. The van der Waals surface area contributed by atoms with Crippen LogP contribution in [0.3, 0.4) is 0 Å². The average Bonchev–Trinajstić information content (AvgIpc) is 3.05. The Labute approximate surface area is 165 Å². The van der Waals surface area contributed by atoms with Crippen molar-refractivity contribution in [3.05, 3.63) is 63.3 Å². The smallest absolute Gasteiger partial charge is 0.315 e. The van der Waals surface area contributed by atoms with Gasteiger partial charge in [0, 0.05) is 49.7 Å². The monoisotopic (exact) mass is 395 g/mol. The van der Waals surface area contributed by atoms with Crippen molar-refractivity contribution in [3.8, 4) is 0 Å². The number of amides is 1. The normalized spacial score (nSPS) is 21.8. The highest BCUT2D eigenvalue weighted by Gasteiger charge is 2.38. The maximum Gasteiger partial charge on any atom is 0.315 e. The Balaban J connectivity index is 1.48. The fourth-order valence-electron chi connectivity index (χ4n) is 4.80. The number of nitrogens with zero attached hydrogens (tertiary/aromatic N) is 4. The van der Waals surface area contributed by atoms with Gasteiger partial charge in [-0.15, -0.1) is 0 Å². The standard InChI is InChI=1S/C20H21N5O4/c1-22-16-5-3-2-4-14(16)18(21-22)20(27)23-9-12-8-13(11-23)15-6-7-17(25(28)29)19(26)24(15)10-12/h2-7,12-13,25,28H,8-11H2,1H3/t12-,13-/m0/s1. The molecule has 2 aromatic heterocycles. The zero-order valence-corrected chi connectivity index (χ0v) is 15.9. The lowest BCUT2D eigenvalue weighted by atomic mass is 9.83. The number of fused-ring (bicyclic) bond motifs is 5. The Morgan fingerprint density at radius 2 is 2.00 bits per heavy atom. The fraction of sp³-hybridized carbons (Fsp3) is 0.350. The van der Waals surface area contributed by atoms with Crippen molar-refractivity contribution in [1.29, 1.82) is 0 Å². The van der Waals surface area contributed by atoms with Crippen LogP contribution in [0, 0.1) is 11.1 Å². The van der Waals surface area contributed by atoms with Crippen molar-refractivity contribution < 1.29 is 15.2 Å². The van der Waals surface area contributed by atoms with Crippen LogP contribution in [0.25, 0.3) is 10.9 Å². The minimum atomic E-state index is -1.21. The molecule has 2 aliphatic heterocycles. The number of aromatic nitrogens is 3. The molecule has 2 N–H and O–H groups in total. The molecule has 0 saturated carbocycles. The first-order chi connectivity index (χ1) is 13.9. The van der Waals surface area contributed by atoms with E-state index in [2.05, 4.69) is 5.10 Å². The summed E-state index contributed by atoms with van der Waals surface area (Å²) in [6.45, 7) is 1.45. The number of nitrogens with one attached hydrogen (secondary N) is 1. The second-order valence-electron chi connectivity index (χ2n) is 7.89. The van der Waals surface area contributed by atoms with Crippen molar-refractivity contribution in [1.82, 2.24) is 19.2 Å². The minimum absolute atomic E-state index is 0.0111. The van der Waals surface area contributed by atoms with Crippen molar-refractivity contribution in [3.63, 3.8) is 0 Å². The molecule has 4 heterocycles. The van der Waals surface area contributed by atoms with Crippen LogP contribution in [-0.4, -0.2) is 43.5 Å². The first kappa shape index (κ1) is 18.0. The van der Waals surface area contributed by atoms with Gasteiger partial charge in [0.05, 0.1) is 5.52 Å². The first-order valence-electron chi connectivity index (χ1n) is 9.62. The molecule has 1 aromatic carbocycles. The summed E-state index contributed by atoms with van der Waals surface area (Å²) in [6.07, 6.45) is 0.888. The summed E-state index contributed by atoms with van der Waals surface area (Å²) in [5.41, 5.74) is 1.49.